The lowest BCUT2D eigenvalue weighted by Crippen LogP contribution is -2.14. The molecule has 3 rings (SSSR count). The summed E-state index contributed by atoms with van der Waals surface area (Å²) in [6.45, 7) is 5.52. The van der Waals surface area contributed by atoms with Gasteiger partial charge in [-0.05, 0) is 44.2 Å². The summed E-state index contributed by atoms with van der Waals surface area (Å²) < 4.78 is 1.53. The molecule has 0 fully saturated rings. The highest BCUT2D eigenvalue weighted by atomic mass is 16.2. The fraction of sp³-hybridized carbons (Fsp3) is 0.235. The molecule has 3 aromatic rings. The molecule has 0 atom stereocenters. The molecular weight excluding hydrogens is 320 g/mol. The van der Waals surface area contributed by atoms with Gasteiger partial charge in [0.1, 0.15) is 0 Å². The van der Waals surface area contributed by atoms with Gasteiger partial charge in [0.05, 0.1) is 0 Å². The third-order valence-electron chi connectivity index (χ3n) is 3.57. The van der Waals surface area contributed by atoms with Crippen LogP contribution in [0.4, 0.5) is 11.4 Å². The van der Waals surface area contributed by atoms with Crippen LogP contribution in [-0.4, -0.2) is 31.4 Å². The number of benzene rings is 1. The molecule has 0 saturated heterocycles. The van der Waals surface area contributed by atoms with Crippen molar-refractivity contribution in [1.29, 1.82) is 0 Å². The number of nitrogens with zero attached hydrogens (tertiary/aromatic N) is 4. The van der Waals surface area contributed by atoms with Crippen LogP contribution in [0.3, 0.4) is 0 Å². The Kier molecular flexibility index (Phi) is 4.42. The van der Waals surface area contributed by atoms with Gasteiger partial charge in [0.2, 0.25) is 11.7 Å². The summed E-state index contributed by atoms with van der Waals surface area (Å²) in [6, 6.07) is 8.70. The van der Waals surface area contributed by atoms with Crippen molar-refractivity contribution in [3.8, 4) is 0 Å². The number of amides is 2. The maximum Gasteiger partial charge on any atom is 0.295 e. The third-order valence-corrected chi connectivity index (χ3v) is 3.57. The first-order valence-electron chi connectivity index (χ1n) is 7.88. The highest BCUT2D eigenvalue weighted by Crippen LogP contribution is 2.15. The summed E-state index contributed by atoms with van der Waals surface area (Å²) in [5.41, 5.74) is 2.92. The van der Waals surface area contributed by atoms with Gasteiger partial charge in [-0.25, -0.2) is 9.50 Å². The van der Waals surface area contributed by atoms with Gasteiger partial charge in [0.15, 0.2) is 0 Å². The van der Waals surface area contributed by atoms with Gasteiger partial charge in [-0.3, -0.25) is 9.59 Å². The van der Waals surface area contributed by atoms with E-state index in [-0.39, 0.29) is 11.7 Å². The first-order chi connectivity index (χ1) is 12.0. The zero-order chi connectivity index (χ0) is 18.0. The largest absolute Gasteiger partial charge is 0.326 e. The van der Waals surface area contributed by atoms with Crippen LogP contribution in [0.25, 0.3) is 5.78 Å². The number of carbonyl (C=O) groups is 2. The van der Waals surface area contributed by atoms with Gasteiger partial charge < -0.3 is 10.6 Å². The predicted molar refractivity (Wildman–Crippen MR) is 93.6 cm³/mol. The maximum absolute atomic E-state index is 12.3. The average Bonchev–Trinajstić information content (AvgIpc) is 3.01. The van der Waals surface area contributed by atoms with Gasteiger partial charge in [-0.15, -0.1) is 5.10 Å². The zero-order valence-corrected chi connectivity index (χ0v) is 14.2. The summed E-state index contributed by atoms with van der Waals surface area (Å²) in [5, 5.41) is 9.67. The number of aryl methyl sites for hydroxylation is 2. The standard InChI is InChI=1S/C17H18N6O2/c1-4-14(24)19-12-5-7-13(8-6-12)20-16(25)15-21-17-18-10(2)9-11(3)23(17)22-15/h5-9H,4H2,1-3H3,(H,19,24)(H,20,25). The number of fused-ring (bicyclic) bond motifs is 1. The van der Waals surface area contributed by atoms with E-state index in [0.29, 0.717) is 23.6 Å². The van der Waals surface area contributed by atoms with E-state index in [1.165, 1.54) is 4.52 Å². The van der Waals surface area contributed by atoms with Gasteiger partial charge in [0.25, 0.3) is 11.7 Å². The molecule has 2 amide bonds. The second kappa shape index (κ2) is 6.68. The topological polar surface area (TPSA) is 101 Å². The monoisotopic (exact) mass is 338 g/mol. The van der Waals surface area contributed by atoms with Crippen LogP contribution in [0.5, 0.6) is 0 Å². The summed E-state index contributed by atoms with van der Waals surface area (Å²) in [4.78, 5) is 32.1. The van der Waals surface area contributed by atoms with E-state index in [9.17, 15) is 9.59 Å². The van der Waals surface area contributed by atoms with Crippen molar-refractivity contribution in [3.63, 3.8) is 0 Å². The molecule has 0 bridgehead atoms. The van der Waals surface area contributed by atoms with Crippen molar-refractivity contribution in [2.24, 2.45) is 0 Å². The van der Waals surface area contributed by atoms with E-state index < -0.39 is 5.91 Å². The Labute approximate surface area is 144 Å². The zero-order valence-electron chi connectivity index (χ0n) is 14.2. The second-order valence-corrected chi connectivity index (χ2v) is 5.62. The molecule has 8 nitrogen and oxygen atoms in total. The minimum Gasteiger partial charge on any atom is -0.326 e. The minimum atomic E-state index is -0.423. The maximum atomic E-state index is 12.3. The molecule has 2 heterocycles. The molecule has 2 aromatic heterocycles. The molecule has 0 aliphatic rings. The minimum absolute atomic E-state index is 0.0459. The van der Waals surface area contributed by atoms with Crippen LogP contribution in [0.1, 0.15) is 35.4 Å². The fourth-order valence-corrected chi connectivity index (χ4v) is 2.34. The van der Waals surface area contributed by atoms with E-state index in [2.05, 4.69) is 25.7 Å². The Morgan fingerprint density at radius 1 is 1.04 bits per heavy atom. The second-order valence-electron chi connectivity index (χ2n) is 5.62. The summed E-state index contributed by atoms with van der Waals surface area (Å²) in [5.74, 6) is -0.0541. The van der Waals surface area contributed by atoms with Gasteiger partial charge in [-0.1, -0.05) is 6.92 Å². The molecule has 0 saturated carbocycles. The summed E-state index contributed by atoms with van der Waals surface area (Å²) in [6.07, 6.45) is 0.408. The summed E-state index contributed by atoms with van der Waals surface area (Å²) in [7, 11) is 0. The van der Waals surface area contributed by atoms with Crippen molar-refractivity contribution < 1.29 is 9.59 Å². The Bertz CT molecular complexity index is 946. The van der Waals surface area contributed by atoms with Crippen molar-refractivity contribution in [2.75, 3.05) is 10.6 Å². The lowest BCUT2D eigenvalue weighted by Gasteiger charge is -2.06. The lowest BCUT2D eigenvalue weighted by atomic mass is 10.2. The van der Waals surface area contributed by atoms with Crippen molar-refractivity contribution >= 4 is 29.0 Å². The van der Waals surface area contributed by atoms with E-state index in [1.54, 1.807) is 31.2 Å². The van der Waals surface area contributed by atoms with E-state index >= 15 is 0 Å². The molecule has 0 unspecified atom stereocenters. The van der Waals surface area contributed by atoms with Crippen LogP contribution in [0.2, 0.25) is 0 Å². The Hall–Kier alpha value is -3.29. The van der Waals surface area contributed by atoms with Gasteiger partial charge in [-0.2, -0.15) is 4.98 Å². The van der Waals surface area contributed by atoms with E-state index in [0.717, 1.165) is 11.4 Å². The number of carbonyl (C=O) groups excluding carboxylic acids is 2. The third kappa shape index (κ3) is 3.63. The van der Waals surface area contributed by atoms with Crippen molar-refractivity contribution in [3.05, 3.63) is 47.5 Å². The van der Waals surface area contributed by atoms with Crippen LogP contribution in [0.15, 0.2) is 30.3 Å². The molecule has 25 heavy (non-hydrogen) atoms. The fourth-order valence-electron chi connectivity index (χ4n) is 2.34. The number of hydrogen-bond donors (Lipinski definition) is 2. The normalized spacial score (nSPS) is 10.7. The van der Waals surface area contributed by atoms with Crippen LogP contribution >= 0.6 is 0 Å². The average molecular weight is 338 g/mol. The molecule has 8 heteroatoms. The van der Waals surface area contributed by atoms with Gasteiger partial charge in [0, 0.05) is 29.2 Å². The number of anilines is 2. The van der Waals surface area contributed by atoms with E-state index in [1.807, 2.05) is 19.9 Å². The lowest BCUT2D eigenvalue weighted by molar-refractivity contribution is -0.115. The smallest absolute Gasteiger partial charge is 0.295 e. The molecule has 2 N–H and O–H groups in total. The first-order valence-corrected chi connectivity index (χ1v) is 7.88. The Morgan fingerprint density at radius 3 is 2.32 bits per heavy atom. The molecule has 0 aliphatic heterocycles. The van der Waals surface area contributed by atoms with Crippen LogP contribution in [-0.2, 0) is 4.79 Å². The molecule has 1 aromatic carbocycles. The van der Waals surface area contributed by atoms with Crippen LogP contribution in [0, 0.1) is 13.8 Å². The number of rotatable bonds is 4. The molecule has 0 spiro atoms. The molecule has 128 valence electrons. The highest BCUT2D eigenvalue weighted by Gasteiger charge is 2.15. The molecule has 0 aliphatic carbocycles. The molecular formula is C17H18N6O2. The van der Waals surface area contributed by atoms with Gasteiger partial charge >= 0.3 is 0 Å². The van der Waals surface area contributed by atoms with Crippen molar-refractivity contribution in [2.45, 2.75) is 27.2 Å². The highest BCUT2D eigenvalue weighted by molar-refractivity contribution is 6.02. The SMILES string of the molecule is CCC(=O)Nc1ccc(NC(=O)c2nc3nc(C)cc(C)n3n2)cc1. The number of nitrogens with one attached hydrogen (secondary N) is 2. The van der Waals surface area contributed by atoms with Crippen molar-refractivity contribution in [1.82, 2.24) is 19.6 Å². The predicted octanol–water partition coefficient (Wildman–Crippen LogP) is 2.34. The summed E-state index contributed by atoms with van der Waals surface area (Å²) >= 11 is 0. The first kappa shape index (κ1) is 16.6. The van der Waals surface area contributed by atoms with E-state index in [4.69, 9.17) is 0 Å². The Balaban J connectivity index is 1.76. The van der Waals surface area contributed by atoms with Crippen LogP contribution < -0.4 is 10.6 Å². The quantitative estimate of drug-likeness (QED) is 0.760. The molecule has 0 radical (unpaired) electrons. The Morgan fingerprint density at radius 2 is 1.68 bits per heavy atom. The number of aromatic nitrogens is 4. The number of hydrogen-bond acceptors (Lipinski definition) is 5.